The van der Waals surface area contributed by atoms with E-state index in [1.807, 2.05) is 27.7 Å². The molecule has 0 aliphatic carbocycles. The summed E-state index contributed by atoms with van der Waals surface area (Å²) in [5, 5.41) is 3.01. The Morgan fingerprint density at radius 2 is 1.75 bits per heavy atom. The summed E-state index contributed by atoms with van der Waals surface area (Å²) in [7, 11) is 0. The molecular formula is C15H17F3N2. The van der Waals surface area contributed by atoms with Gasteiger partial charge in [-0.05, 0) is 18.4 Å². The van der Waals surface area contributed by atoms with Crippen LogP contribution in [0.5, 0.6) is 0 Å². The second-order valence-corrected chi connectivity index (χ2v) is 5.72. The summed E-state index contributed by atoms with van der Waals surface area (Å²) in [5.74, 6) is -2.70. The summed E-state index contributed by atoms with van der Waals surface area (Å²) in [6.45, 7) is 8.32. The first-order valence-corrected chi connectivity index (χ1v) is 6.48. The molecule has 108 valence electrons. The van der Waals surface area contributed by atoms with Crippen LogP contribution in [-0.4, -0.2) is 11.5 Å². The smallest absolute Gasteiger partial charge is 0.185 e. The van der Waals surface area contributed by atoms with E-state index in [9.17, 15) is 13.2 Å². The van der Waals surface area contributed by atoms with Gasteiger partial charge >= 0.3 is 0 Å². The van der Waals surface area contributed by atoms with Gasteiger partial charge in [-0.15, -0.1) is 0 Å². The number of hydrogen-bond donors (Lipinski definition) is 1. The van der Waals surface area contributed by atoms with Crippen LogP contribution in [0.25, 0.3) is 10.9 Å². The zero-order chi connectivity index (χ0) is 15.1. The Kier molecular flexibility index (Phi) is 3.63. The molecule has 1 aromatic carbocycles. The number of nitrogens with zero attached hydrogens (tertiary/aromatic N) is 1. The molecule has 2 rings (SSSR count). The summed E-state index contributed by atoms with van der Waals surface area (Å²) < 4.78 is 40.9. The van der Waals surface area contributed by atoms with Crippen molar-refractivity contribution in [3.63, 3.8) is 0 Å². The fourth-order valence-corrected chi connectivity index (χ4v) is 2.10. The molecule has 1 aromatic heterocycles. The number of halogens is 3. The highest BCUT2D eigenvalue weighted by molar-refractivity contribution is 5.83. The molecule has 0 aliphatic rings. The van der Waals surface area contributed by atoms with Gasteiger partial charge in [0.25, 0.3) is 0 Å². The van der Waals surface area contributed by atoms with E-state index in [-0.39, 0.29) is 16.3 Å². The zero-order valence-electron chi connectivity index (χ0n) is 11.9. The number of pyridine rings is 1. The molecule has 0 atom stereocenters. The SMILES string of the molecule is CCNc1nc2c(F)c(F)cc(F)c2cc1C(C)(C)C. The molecular weight excluding hydrogens is 265 g/mol. The largest absolute Gasteiger partial charge is 0.370 e. The third kappa shape index (κ3) is 2.44. The number of rotatable bonds is 2. The van der Waals surface area contributed by atoms with Gasteiger partial charge < -0.3 is 5.32 Å². The number of nitrogens with one attached hydrogen (secondary N) is 1. The Labute approximate surface area is 116 Å². The van der Waals surface area contributed by atoms with Crippen LogP contribution in [0, 0.1) is 17.5 Å². The Bertz CT molecular complexity index is 660. The Morgan fingerprint density at radius 1 is 1.10 bits per heavy atom. The summed E-state index contributed by atoms with van der Waals surface area (Å²) in [6.07, 6.45) is 0. The highest BCUT2D eigenvalue weighted by Gasteiger charge is 2.23. The first kappa shape index (κ1) is 14.6. The maximum absolute atomic E-state index is 13.8. The Hall–Kier alpha value is -1.78. The van der Waals surface area contributed by atoms with Crippen molar-refractivity contribution in [1.29, 1.82) is 0 Å². The minimum Gasteiger partial charge on any atom is -0.370 e. The fourth-order valence-electron chi connectivity index (χ4n) is 2.10. The van der Waals surface area contributed by atoms with Gasteiger partial charge in [0.2, 0.25) is 0 Å². The molecule has 0 spiro atoms. The quantitative estimate of drug-likeness (QED) is 0.827. The van der Waals surface area contributed by atoms with Gasteiger partial charge in [-0.3, -0.25) is 0 Å². The van der Waals surface area contributed by atoms with Crippen molar-refractivity contribution in [3.05, 3.63) is 35.1 Å². The van der Waals surface area contributed by atoms with Crippen molar-refractivity contribution >= 4 is 16.7 Å². The first-order chi connectivity index (χ1) is 9.25. The lowest BCUT2D eigenvalue weighted by molar-refractivity contribution is 0.503. The zero-order valence-corrected chi connectivity index (χ0v) is 11.9. The molecule has 0 fully saturated rings. The molecule has 2 nitrogen and oxygen atoms in total. The van der Waals surface area contributed by atoms with E-state index in [0.29, 0.717) is 18.4 Å². The van der Waals surface area contributed by atoms with Gasteiger partial charge in [0.1, 0.15) is 17.2 Å². The van der Waals surface area contributed by atoms with Crippen molar-refractivity contribution in [2.45, 2.75) is 33.1 Å². The second-order valence-electron chi connectivity index (χ2n) is 5.72. The average Bonchev–Trinajstić information content (AvgIpc) is 2.34. The van der Waals surface area contributed by atoms with Crippen LogP contribution < -0.4 is 5.32 Å². The van der Waals surface area contributed by atoms with Crippen molar-refractivity contribution in [3.8, 4) is 0 Å². The molecule has 5 heteroatoms. The predicted octanol–water partition coefficient (Wildman–Crippen LogP) is 4.38. The molecule has 0 amide bonds. The molecule has 0 radical (unpaired) electrons. The van der Waals surface area contributed by atoms with Gasteiger partial charge in [-0.25, -0.2) is 18.2 Å². The number of aromatic nitrogens is 1. The lowest BCUT2D eigenvalue weighted by Crippen LogP contribution is -2.16. The molecule has 1 N–H and O–H groups in total. The number of fused-ring (bicyclic) bond motifs is 1. The van der Waals surface area contributed by atoms with E-state index in [0.717, 1.165) is 5.56 Å². The molecule has 2 aromatic rings. The van der Waals surface area contributed by atoms with E-state index in [2.05, 4.69) is 10.3 Å². The number of hydrogen-bond acceptors (Lipinski definition) is 2. The van der Waals surface area contributed by atoms with Gasteiger partial charge in [0.15, 0.2) is 11.6 Å². The highest BCUT2D eigenvalue weighted by atomic mass is 19.2. The molecule has 20 heavy (non-hydrogen) atoms. The van der Waals surface area contributed by atoms with Crippen LogP contribution in [0.15, 0.2) is 12.1 Å². The van der Waals surface area contributed by atoms with Crippen molar-refractivity contribution < 1.29 is 13.2 Å². The van der Waals surface area contributed by atoms with E-state index in [1.165, 1.54) is 6.07 Å². The topological polar surface area (TPSA) is 24.9 Å². The Morgan fingerprint density at radius 3 is 2.30 bits per heavy atom. The Balaban J connectivity index is 2.85. The monoisotopic (exact) mass is 282 g/mol. The standard InChI is InChI=1S/C15H17F3N2/c1-5-19-14-9(15(2,3)4)6-8-10(16)7-11(17)12(18)13(8)20-14/h6-7H,5H2,1-4H3,(H,19,20). The third-order valence-corrected chi connectivity index (χ3v) is 3.10. The van der Waals surface area contributed by atoms with Crippen LogP contribution in [0.2, 0.25) is 0 Å². The molecule has 0 aliphatic heterocycles. The van der Waals surface area contributed by atoms with Gasteiger partial charge in [-0.2, -0.15) is 0 Å². The molecule has 0 bridgehead atoms. The lowest BCUT2D eigenvalue weighted by Gasteiger charge is -2.23. The molecule has 0 saturated carbocycles. The van der Waals surface area contributed by atoms with Crippen LogP contribution in [0.3, 0.4) is 0 Å². The van der Waals surface area contributed by atoms with Gasteiger partial charge in [0, 0.05) is 23.6 Å². The lowest BCUT2D eigenvalue weighted by atomic mass is 9.86. The number of anilines is 1. The molecule has 0 unspecified atom stereocenters. The minimum atomic E-state index is -1.23. The van der Waals surface area contributed by atoms with Crippen LogP contribution in [0.4, 0.5) is 19.0 Å². The summed E-state index contributed by atoms with van der Waals surface area (Å²) >= 11 is 0. The van der Waals surface area contributed by atoms with E-state index < -0.39 is 17.5 Å². The van der Waals surface area contributed by atoms with Crippen molar-refractivity contribution in [2.75, 3.05) is 11.9 Å². The van der Waals surface area contributed by atoms with Crippen molar-refractivity contribution in [1.82, 2.24) is 4.98 Å². The predicted molar refractivity (Wildman–Crippen MR) is 74.5 cm³/mol. The minimum absolute atomic E-state index is 0.00419. The van der Waals surface area contributed by atoms with Crippen LogP contribution >= 0.6 is 0 Å². The maximum atomic E-state index is 13.8. The highest BCUT2D eigenvalue weighted by Crippen LogP contribution is 2.33. The van der Waals surface area contributed by atoms with Gasteiger partial charge in [0.05, 0.1) is 0 Å². The maximum Gasteiger partial charge on any atom is 0.185 e. The molecule has 0 saturated heterocycles. The normalized spacial score (nSPS) is 11.9. The first-order valence-electron chi connectivity index (χ1n) is 6.48. The summed E-state index contributed by atoms with van der Waals surface area (Å²) in [4.78, 5) is 4.09. The third-order valence-electron chi connectivity index (χ3n) is 3.10. The van der Waals surface area contributed by atoms with Crippen molar-refractivity contribution in [2.24, 2.45) is 0 Å². The van der Waals surface area contributed by atoms with Crippen LogP contribution in [-0.2, 0) is 5.41 Å². The number of benzene rings is 1. The fraction of sp³-hybridized carbons (Fsp3) is 0.400. The van der Waals surface area contributed by atoms with E-state index in [1.54, 1.807) is 0 Å². The van der Waals surface area contributed by atoms with Gasteiger partial charge in [-0.1, -0.05) is 20.8 Å². The summed E-state index contributed by atoms with van der Waals surface area (Å²) in [6, 6.07) is 2.09. The van der Waals surface area contributed by atoms with Crippen LogP contribution in [0.1, 0.15) is 33.3 Å². The second kappa shape index (κ2) is 4.96. The molecule has 1 heterocycles. The summed E-state index contributed by atoms with van der Waals surface area (Å²) in [5.41, 5.74) is 0.180. The van der Waals surface area contributed by atoms with E-state index >= 15 is 0 Å². The average molecular weight is 282 g/mol. The van der Waals surface area contributed by atoms with E-state index in [4.69, 9.17) is 0 Å².